The van der Waals surface area contributed by atoms with Crippen molar-refractivity contribution >= 4 is 12.1 Å². The summed E-state index contributed by atoms with van der Waals surface area (Å²) in [5.74, 6) is -0.525. The average Bonchev–Trinajstić information content (AvgIpc) is 2.49. The molecule has 2 atom stereocenters. The van der Waals surface area contributed by atoms with Gasteiger partial charge in [-0.1, -0.05) is 31.8 Å². The first-order valence-electron chi connectivity index (χ1n) is 8.86. The van der Waals surface area contributed by atoms with E-state index in [-0.39, 0.29) is 12.5 Å². The number of allylic oxidation sites excluding steroid dienone is 1. The highest BCUT2D eigenvalue weighted by molar-refractivity contribution is 5.72. The van der Waals surface area contributed by atoms with Crippen molar-refractivity contribution in [2.75, 3.05) is 0 Å². The summed E-state index contributed by atoms with van der Waals surface area (Å²) in [6, 6.07) is 0. The number of nitrogens with one attached hydrogen (secondary N) is 1. The smallest absolute Gasteiger partial charge is 0.407 e. The third kappa shape index (κ3) is 5.26. The Kier molecular flexibility index (Phi) is 6.48. The van der Waals surface area contributed by atoms with E-state index in [1.165, 1.54) is 6.42 Å². The molecule has 5 nitrogen and oxygen atoms in total. The van der Waals surface area contributed by atoms with Gasteiger partial charge in [-0.2, -0.15) is 0 Å². The van der Waals surface area contributed by atoms with Gasteiger partial charge in [0.25, 0.3) is 0 Å². The van der Waals surface area contributed by atoms with E-state index in [0.717, 1.165) is 57.8 Å². The van der Waals surface area contributed by atoms with Crippen LogP contribution >= 0.6 is 0 Å². The van der Waals surface area contributed by atoms with Crippen LogP contribution in [0.2, 0.25) is 0 Å². The van der Waals surface area contributed by atoms with Crippen molar-refractivity contribution < 1.29 is 19.4 Å². The van der Waals surface area contributed by atoms with E-state index < -0.39 is 17.6 Å². The molecule has 0 saturated heterocycles. The van der Waals surface area contributed by atoms with Gasteiger partial charge in [0, 0.05) is 0 Å². The molecule has 2 saturated carbocycles. The molecule has 0 aromatic rings. The van der Waals surface area contributed by atoms with Gasteiger partial charge < -0.3 is 15.2 Å². The second-order valence-electron chi connectivity index (χ2n) is 7.05. The monoisotopic (exact) mass is 323 g/mol. The molecule has 0 heterocycles. The second-order valence-corrected chi connectivity index (χ2v) is 7.05. The maximum absolute atomic E-state index is 12.4. The van der Waals surface area contributed by atoms with Crippen LogP contribution < -0.4 is 5.32 Å². The molecule has 0 aromatic heterocycles. The van der Waals surface area contributed by atoms with Gasteiger partial charge in [-0.25, -0.2) is 4.79 Å². The Labute approximate surface area is 138 Å². The van der Waals surface area contributed by atoms with E-state index in [1.807, 2.05) is 6.08 Å². The van der Waals surface area contributed by atoms with Gasteiger partial charge in [-0.15, -0.1) is 6.58 Å². The zero-order chi connectivity index (χ0) is 16.7. The van der Waals surface area contributed by atoms with Crippen LogP contribution in [0, 0.1) is 5.92 Å². The second kappa shape index (κ2) is 8.37. The minimum atomic E-state index is -0.866. The normalized spacial score (nSPS) is 27.0. The molecule has 2 fully saturated rings. The summed E-state index contributed by atoms with van der Waals surface area (Å²) >= 11 is 0. The highest BCUT2D eigenvalue weighted by atomic mass is 16.6. The van der Waals surface area contributed by atoms with Gasteiger partial charge in [0.2, 0.25) is 0 Å². The molecule has 130 valence electrons. The minimum absolute atomic E-state index is 0.0249. The summed E-state index contributed by atoms with van der Waals surface area (Å²) in [4.78, 5) is 23.5. The Morgan fingerprint density at radius 1 is 1.17 bits per heavy atom. The van der Waals surface area contributed by atoms with Crippen molar-refractivity contribution in [1.29, 1.82) is 0 Å². The molecular weight excluding hydrogens is 294 g/mol. The van der Waals surface area contributed by atoms with E-state index in [2.05, 4.69) is 11.9 Å². The quantitative estimate of drug-likeness (QED) is 0.724. The van der Waals surface area contributed by atoms with Crippen LogP contribution in [0.15, 0.2) is 12.7 Å². The van der Waals surface area contributed by atoms with Crippen LogP contribution in [0.5, 0.6) is 0 Å². The molecular formula is C18H29NO4. The molecule has 0 aromatic carbocycles. The Bertz CT molecular complexity index is 429. The van der Waals surface area contributed by atoms with Crippen molar-refractivity contribution in [3.05, 3.63) is 12.7 Å². The molecule has 1 amide bonds. The molecule has 2 aliphatic rings. The number of ether oxygens (including phenoxy) is 1. The Morgan fingerprint density at radius 3 is 2.52 bits per heavy atom. The van der Waals surface area contributed by atoms with Crippen LogP contribution in [0.25, 0.3) is 0 Å². The van der Waals surface area contributed by atoms with E-state index in [1.54, 1.807) is 0 Å². The summed E-state index contributed by atoms with van der Waals surface area (Å²) in [6.45, 7) is 3.78. The van der Waals surface area contributed by atoms with Gasteiger partial charge in [-0.3, -0.25) is 4.79 Å². The van der Waals surface area contributed by atoms with E-state index >= 15 is 0 Å². The number of alkyl carbamates (subject to hydrolysis) is 1. The zero-order valence-electron chi connectivity index (χ0n) is 13.9. The first-order chi connectivity index (χ1) is 11.0. The van der Waals surface area contributed by atoms with Crippen LogP contribution in [0.1, 0.15) is 70.6 Å². The predicted molar refractivity (Wildman–Crippen MR) is 88.2 cm³/mol. The number of amides is 1. The highest BCUT2D eigenvalue weighted by Gasteiger charge is 2.37. The van der Waals surface area contributed by atoms with Gasteiger partial charge in [0.15, 0.2) is 0 Å². The van der Waals surface area contributed by atoms with Crippen LogP contribution in [-0.4, -0.2) is 28.8 Å². The Balaban J connectivity index is 1.95. The first-order valence-corrected chi connectivity index (χ1v) is 8.86. The van der Waals surface area contributed by atoms with Crippen LogP contribution in [0.3, 0.4) is 0 Å². The first kappa shape index (κ1) is 17.8. The van der Waals surface area contributed by atoms with Gasteiger partial charge in [0.1, 0.15) is 6.10 Å². The number of rotatable bonds is 6. The SMILES string of the molecule is C=CC[C@@H]1CCCC[C@H]1OC(=O)NC1(CC(=O)O)CCCCC1. The molecule has 0 radical (unpaired) electrons. The number of aliphatic carboxylic acids is 1. The molecule has 2 rings (SSSR count). The minimum Gasteiger partial charge on any atom is -0.481 e. The molecule has 5 heteroatoms. The van der Waals surface area contributed by atoms with E-state index in [0.29, 0.717) is 5.92 Å². The summed E-state index contributed by atoms with van der Waals surface area (Å²) in [5.41, 5.74) is -0.635. The lowest BCUT2D eigenvalue weighted by Gasteiger charge is -2.38. The van der Waals surface area contributed by atoms with Crippen molar-refractivity contribution in [2.24, 2.45) is 5.92 Å². The third-order valence-corrected chi connectivity index (χ3v) is 5.23. The molecule has 0 unspecified atom stereocenters. The number of hydrogen-bond donors (Lipinski definition) is 2. The molecule has 0 spiro atoms. The van der Waals surface area contributed by atoms with Crippen molar-refractivity contribution in [3.8, 4) is 0 Å². The summed E-state index contributed by atoms with van der Waals surface area (Å²) in [6.07, 6.45) is 10.8. The predicted octanol–water partition coefficient (Wildman–Crippen LogP) is 4.03. The van der Waals surface area contributed by atoms with Gasteiger partial charge >= 0.3 is 12.1 Å². The highest BCUT2D eigenvalue weighted by Crippen LogP contribution is 2.33. The summed E-state index contributed by atoms with van der Waals surface area (Å²) < 4.78 is 5.68. The van der Waals surface area contributed by atoms with Crippen molar-refractivity contribution in [1.82, 2.24) is 5.32 Å². The fraction of sp³-hybridized carbons (Fsp3) is 0.778. The fourth-order valence-electron chi connectivity index (χ4n) is 4.06. The number of carboxylic acids is 1. The van der Waals surface area contributed by atoms with Gasteiger partial charge in [-0.05, 0) is 44.4 Å². The third-order valence-electron chi connectivity index (χ3n) is 5.23. The maximum Gasteiger partial charge on any atom is 0.407 e. The molecule has 2 aliphatic carbocycles. The fourth-order valence-corrected chi connectivity index (χ4v) is 4.06. The lowest BCUT2D eigenvalue weighted by Crippen LogP contribution is -2.52. The zero-order valence-corrected chi connectivity index (χ0v) is 13.9. The lowest BCUT2D eigenvalue weighted by molar-refractivity contribution is -0.139. The average molecular weight is 323 g/mol. The lowest BCUT2D eigenvalue weighted by atomic mass is 9.79. The molecule has 23 heavy (non-hydrogen) atoms. The number of carbonyl (C=O) groups excluding carboxylic acids is 1. The van der Waals surface area contributed by atoms with Crippen LogP contribution in [0.4, 0.5) is 4.79 Å². The van der Waals surface area contributed by atoms with Gasteiger partial charge in [0.05, 0.1) is 12.0 Å². The topological polar surface area (TPSA) is 75.6 Å². The van der Waals surface area contributed by atoms with Crippen LogP contribution in [-0.2, 0) is 9.53 Å². The Hall–Kier alpha value is -1.52. The molecule has 0 aliphatic heterocycles. The summed E-state index contributed by atoms with van der Waals surface area (Å²) in [7, 11) is 0. The Morgan fingerprint density at radius 2 is 1.87 bits per heavy atom. The molecule has 0 bridgehead atoms. The maximum atomic E-state index is 12.4. The largest absolute Gasteiger partial charge is 0.481 e. The number of hydrogen-bond acceptors (Lipinski definition) is 3. The van der Waals surface area contributed by atoms with Crippen molar-refractivity contribution in [2.45, 2.75) is 82.3 Å². The van der Waals surface area contributed by atoms with Crippen molar-refractivity contribution in [3.63, 3.8) is 0 Å². The number of carboxylic acid groups (broad SMARTS) is 1. The number of carbonyl (C=O) groups is 2. The molecule has 2 N–H and O–H groups in total. The van der Waals surface area contributed by atoms with E-state index in [9.17, 15) is 14.7 Å². The van der Waals surface area contributed by atoms with E-state index in [4.69, 9.17) is 4.74 Å². The standard InChI is InChI=1S/C18H29NO4/c1-2-8-14-9-4-5-10-15(14)23-17(22)19-18(13-16(20)21)11-6-3-7-12-18/h2,14-15H,1,3-13H2,(H,19,22)(H,20,21)/t14-,15-/m1/s1. The summed E-state index contributed by atoms with van der Waals surface area (Å²) in [5, 5.41) is 12.1.